The molecule has 0 spiro atoms. The molecule has 0 radical (unpaired) electrons. The Kier molecular flexibility index (Phi) is 4.29. The molecule has 112 valence electrons. The average molecular weight is 291 g/mol. The summed E-state index contributed by atoms with van der Waals surface area (Å²) in [5, 5.41) is 2.36. The zero-order valence-corrected chi connectivity index (χ0v) is 12.9. The highest BCUT2D eigenvalue weighted by molar-refractivity contribution is 5.91. The van der Waals surface area contributed by atoms with Crippen LogP contribution in [0.25, 0.3) is 21.9 Å². The number of benzene rings is 3. The molecular weight excluding hydrogens is 270 g/mol. The molecule has 2 nitrogen and oxygen atoms in total. The first-order valence-electron chi connectivity index (χ1n) is 7.79. The van der Waals surface area contributed by atoms with Gasteiger partial charge < -0.3 is 10.5 Å². The van der Waals surface area contributed by atoms with Crippen molar-refractivity contribution >= 4 is 16.5 Å². The smallest absolute Gasteiger partial charge is 0.127 e. The van der Waals surface area contributed by atoms with E-state index in [1.54, 1.807) is 0 Å². The van der Waals surface area contributed by atoms with Gasteiger partial charge in [0.15, 0.2) is 0 Å². The lowest BCUT2D eigenvalue weighted by molar-refractivity contribution is 0.313. The van der Waals surface area contributed by atoms with Crippen molar-refractivity contribution in [3.8, 4) is 16.9 Å². The van der Waals surface area contributed by atoms with Crippen molar-refractivity contribution in [2.75, 3.05) is 12.3 Å². The van der Waals surface area contributed by atoms with Crippen molar-refractivity contribution in [3.63, 3.8) is 0 Å². The van der Waals surface area contributed by atoms with Gasteiger partial charge in [0.1, 0.15) is 5.75 Å². The van der Waals surface area contributed by atoms with Crippen LogP contribution in [0.5, 0.6) is 5.75 Å². The quantitative estimate of drug-likeness (QED) is 0.513. The molecule has 0 unspecified atom stereocenters. The zero-order chi connectivity index (χ0) is 15.4. The topological polar surface area (TPSA) is 35.2 Å². The Labute approximate surface area is 131 Å². The predicted molar refractivity (Wildman–Crippen MR) is 94.2 cm³/mol. The van der Waals surface area contributed by atoms with E-state index in [0.29, 0.717) is 0 Å². The van der Waals surface area contributed by atoms with Crippen LogP contribution in [0.2, 0.25) is 0 Å². The Morgan fingerprint density at radius 1 is 0.909 bits per heavy atom. The maximum absolute atomic E-state index is 5.90. The summed E-state index contributed by atoms with van der Waals surface area (Å²) in [5.74, 6) is 0.967. The fraction of sp³-hybridized carbons (Fsp3) is 0.200. The van der Waals surface area contributed by atoms with Crippen molar-refractivity contribution < 1.29 is 4.74 Å². The van der Waals surface area contributed by atoms with E-state index in [4.69, 9.17) is 10.5 Å². The Hall–Kier alpha value is -2.48. The fourth-order valence-corrected chi connectivity index (χ4v) is 2.56. The SMILES string of the molecule is CCCCOc1cccc2cc(-c3ccc(N)cc3)ccc12. The van der Waals surface area contributed by atoms with Crippen molar-refractivity contribution in [2.24, 2.45) is 0 Å². The van der Waals surface area contributed by atoms with Crippen molar-refractivity contribution in [1.82, 2.24) is 0 Å². The summed E-state index contributed by atoms with van der Waals surface area (Å²) in [4.78, 5) is 0. The van der Waals surface area contributed by atoms with Crippen LogP contribution in [0.4, 0.5) is 5.69 Å². The first-order chi connectivity index (χ1) is 10.8. The number of fused-ring (bicyclic) bond motifs is 1. The zero-order valence-electron chi connectivity index (χ0n) is 12.9. The van der Waals surface area contributed by atoms with Gasteiger partial charge in [-0.1, -0.05) is 49.7 Å². The molecule has 3 aromatic rings. The third-order valence-corrected chi connectivity index (χ3v) is 3.84. The standard InChI is InChI=1S/C20H21NO/c1-2-3-13-22-20-6-4-5-17-14-16(9-12-19(17)20)15-7-10-18(21)11-8-15/h4-12,14H,2-3,13,21H2,1H3. The summed E-state index contributed by atoms with van der Waals surface area (Å²) in [7, 11) is 0. The van der Waals surface area contributed by atoms with E-state index in [2.05, 4.69) is 49.4 Å². The third-order valence-electron chi connectivity index (χ3n) is 3.84. The van der Waals surface area contributed by atoms with Gasteiger partial charge in [-0.25, -0.2) is 0 Å². The molecule has 0 heterocycles. The molecule has 0 bridgehead atoms. The molecule has 0 amide bonds. The fourth-order valence-electron chi connectivity index (χ4n) is 2.56. The van der Waals surface area contributed by atoms with Crippen LogP contribution >= 0.6 is 0 Å². The molecule has 0 saturated heterocycles. The monoisotopic (exact) mass is 291 g/mol. The van der Waals surface area contributed by atoms with Crippen LogP contribution in [-0.2, 0) is 0 Å². The number of hydrogen-bond donors (Lipinski definition) is 1. The van der Waals surface area contributed by atoms with Crippen LogP contribution < -0.4 is 10.5 Å². The van der Waals surface area contributed by atoms with Gasteiger partial charge in [0, 0.05) is 11.1 Å². The summed E-state index contributed by atoms with van der Waals surface area (Å²) in [6.45, 7) is 2.95. The number of unbranched alkanes of at least 4 members (excludes halogenated alkanes) is 1. The number of hydrogen-bond acceptors (Lipinski definition) is 2. The molecule has 0 aliphatic rings. The van der Waals surface area contributed by atoms with Crippen LogP contribution in [0.1, 0.15) is 19.8 Å². The molecule has 3 rings (SSSR count). The number of rotatable bonds is 5. The molecule has 0 aliphatic carbocycles. The van der Waals surface area contributed by atoms with E-state index in [1.807, 2.05) is 18.2 Å². The third kappa shape index (κ3) is 3.06. The largest absolute Gasteiger partial charge is 0.493 e. The molecule has 3 aromatic carbocycles. The van der Waals surface area contributed by atoms with E-state index in [1.165, 1.54) is 16.5 Å². The highest BCUT2D eigenvalue weighted by atomic mass is 16.5. The first-order valence-corrected chi connectivity index (χ1v) is 7.79. The van der Waals surface area contributed by atoms with Gasteiger partial charge >= 0.3 is 0 Å². The lowest BCUT2D eigenvalue weighted by Crippen LogP contribution is -1.96. The van der Waals surface area contributed by atoms with Crippen molar-refractivity contribution in [2.45, 2.75) is 19.8 Å². The molecule has 0 saturated carbocycles. The molecular formula is C20H21NO. The van der Waals surface area contributed by atoms with E-state index in [0.717, 1.165) is 36.3 Å². The van der Waals surface area contributed by atoms with Gasteiger partial charge in [0.2, 0.25) is 0 Å². The maximum Gasteiger partial charge on any atom is 0.127 e. The minimum atomic E-state index is 0.773. The van der Waals surface area contributed by atoms with Crippen LogP contribution in [0, 0.1) is 0 Å². The number of ether oxygens (including phenoxy) is 1. The van der Waals surface area contributed by atoms with Gasteiger partial charge in [-0.15, -0.1) is 0 Å². The number of anilines is 1. The van der Waals surface area contributed by atoms with Gasteiger partial charge in [0.05, 0.1) is 6.61 Å². The van der Waals surface area contributed by atoms with Crippen molar-refractivity contribution in [3.05, 3.63) is 60.7 Å². The van der Waals surface area contributed by atoms with Crippen LogP contribution in [-0.4, -0.2) is 6.61 Å². The minimum Gasteiger partial charge on any atom is -0.493 e. The summed E-state index contributed by atoms with van der Waals surface area (Å²) in [5.41, 5.74) is 8.91. The highest BCUT2D eigenvalue weighted by Gasteiger charge is 2.04. The molecule has 0 atom stereocenters. The van der Waals surface area contributed by atoms with Gasteiger partial charge in [0.25, 0.3) is 0 Å². The lowest BCUT2D eigenvalue weighted by Gasteiger charge is -2.10. The predicted octanol–water partition coefficient (Wildman–Crippen LogP) is 5.27. The van der Waals surface area contributed by atoms with E-state index in [9.17, 15) is 0 Å². The molecule has 0 aromatic heterocycles. The van der Waals surface area contributed by atoms with Crippen molar-refractivity contribution in [1.29, 1.82) is 0 Å². The number of nitrogen functional groups attached to an aromatic ring is 1. The van der Waals surface area contributed by atoms with E-state index in [-0.39, 0.29) is 0 Å². The van der Waals surface area contributed by atoms with E-state index < -0.39 is 0 Å². The Morgan fingerprint density at radius 3 is 2.45 bits per heavy atom. The molecule has 22 heavy (non-hydrogen) atoms. The second kappa shape index (κ2) is 6.52. The Morgan fingerprint density at radius 2 is 1.68 bits per heavy atom. The Balaban J connectivity index is 1.95. The average Bonchev–Trinajstić information content (AvgIpc) is 2.55. The summed E-state index contributed by atoms with van der Waals surface area (Å²) in [6, 6.07) is 20.7. The molecule has 0 fully saturated rings. The second-order valence-corrected chi connectivity index (χ2v) is 5.52. The molecule has 0 aliphatic heterocycles. The van der Waals surface area contributed by atoms with Gasteiger partial charge in [-0.2, -0.15) is 0 Å². The summed E-state index contributed by atoms with van der Waals surface area (Å²) < 4.78 is 5.90. The first kappa shape index (κ1) is 14.5. The minimum absolute atomic E-state index is 0.773. The molecule has 2 N–H and O–H groups in total. The number of nitrogens with two attached hydrogens (primary N) is 1. The normalized spacial score (nSPS) is 10.8. The molecule has 2 heteroatoms. The highest BCUT2D eigenvalue weighted by Crippen LogP contribution is 2.30. The second-order valence-electron chi connectivity index (χ2n) is 5.52. The van der Waals surface area contributed by atoms with Gasteiger partial charge in [-0.3, -0.25) is 0 Å². The lowest BCUT2D eigenvalue weighted by atomic mass is 10.0. The van der Waals surface area contributed by atoms with Gasteiger partial charge in [-0.05, 0) is 47.2 Å². The van der Waals surface area contributed by atoms with E-state index >= 15 is 0 Å². The Bertz CT molecular complexity index is 762. The summed E-state index contributed by atoms with van der Waals surface area (Å²) >= 11 is 0. The summed E-state index contributed by atoms with van der Waals surface area (Å²) in [6.07, 6.45) is 2.23. The van der Waals surface area contributed by atoms with Crippen LogP contribution in [0.3, 0.4) is 0 Å². The van der Waals surface area contributed by atoms with Crippen LogP contribution in [0.15, 0.2) is 60.7 Å². The maximum atomic E-state index is 5.90.